The van der Waals surface area contributed by atoms with Crippen molar-refractivity contribution in [2.24, 2.45) is 0 Å². The molecule has 5 heteroatoms. The van der Waals surface area contributed by atoms with Crippen LogP contribution in [0.15, 0.2) is 48.5 Å². The second-order valence-electron chi connectivity index (χ2n) is 19.2. The summed E-state index contributed by atoms with van der Waals surface area (Å²) >= 11 is -0.162. The fraction of sp³-hybridized carbons (Fsp3) is 0.571. The van der Waals surface area contributed by atoms with Crippen molar-refractivity contribution in [3.8, 4) is 11.5 Å². The van der Waals surface area contributed by atoms with Crippen molar-refractivity contribution in [1.82, 2.24) is 0 Å². The van der Waals surface area contributed by atoms with Crippen LogP contribution in [0.5, 0.6) is 11.5 Å². The van der Waals surface area contributed by atoms with Crippen LogP contribution in [0.4, 0.5) is 0 Å². The molecule has 0 unspecified atom stereocenters. The topological polar surface area (TPSA) is 18.5 Å². The Kier molecular flexibility index (Phi) is 11.7. The number of halogens is 1. The average molecular weight is 772 g/mol. The minimum absolute atomic E-state index is 0.0200. The Morgan fingerprint density at radius 1 is 0.447 bits per heavy atom. The Morgan fingerprint density at radius 3 is 1.09 bits per heavy atom. The first-order valence-electron chi connectivity index (χ1n) is 16.9. The number of hydrogen-bond donors (Lipinski definition) is 0. The molecule has 3 aromatic carbocycles. The molecule has 0 fully saturated rings. The van der Waals surface area contributed by atoms with Gasteiger partial charge in [-0.2, -0.15) is 0 Å². The standard InChI is InChI=1S/C42H62O2P.ClH.Pd/c1-37(2,3)28-19-22-34(31(25-28)40(10,11)12)43-45(36-24-21-30(39(7,8)9)27-33(36)42(16,17)18)44-35-23-20-29(38(4,5)6)26-32(35)41(13,14)15;;/h19-23,25-27H,1-18H3;1H;/q;;+1/p-1. The Balaban J connectivity index is 2.43. The predicted octanol–water partition coefficient (Wildman–Crippen LogP) is 12.4. The van der Waals surface area contributed by atoms with Crippen LogP contribution in [0, 0.1) is 0 Å². The van der Waals surface area contributed by atoms with Crippen molar-refractivity contribution in [1.29, 1.82) is 0 Å². The first-order chi connectivity index (χ1) is 21.0. The van der Waals surface area contributed by atoms with Gasteiger partial charge in [0.1, 0.15) is 0 Å². The third-order valence-electron chi connectivity index (χ3n) is 8.63. The van der Waals surface area contributed by atoms with Gasteiger partial charge in [0.15, 0.2) is 0 Å². The third kappa shape index (κ3) is 9.88. The Hall–Kier alpha value is -1.36. The molecule has 0 saturated carbocycles. The zero-order valence-corrected chi connectivity index (χ0v) is 35.8. The van der Waals surface area contributed by atoms with Crippen molar-refractivity contribution in [3.05, 3.63) is 81.9 Å². The van der Waals surface area contributed by atoms with Crippen LogP contribution in [0.2, 0.25) is 0 Å². The minimum atomic E-state index is -1.64. The van der Waals surface area contributed by atoms with Gasteiger partial charge in [0.25, 0.3) is 0 Å². The molecule has 0 heterocycles. The molecular weight excluding hydrogens is 709 g/mol. The molecular formula is C42H62ClO2PPd. The van der Waals surface area contributed by atoms with Crippen molar-refractivity contribution in [2.75, 3.05) is 0 Å². The molecule has 3 rings (SSSR count). The molecule has 0 aliphatic heterocycles. The zero-order valence-electron chi connectivity index (χ0n) is 32.6. The quantitative estimate of drug-likeness (QED) is 0.184. The van der Waals surface area contributed by atoms with Gasteiger partial charge in [0.05, 0.1) is 0 Å². The molecule has 0 aromatic heterocycles. The van der Waals surface area contributed by atoms with Gasteiger partial charge in [-0.25, -0.2) is 0 Å². The van der Waals surface area contributed by atoms with Crippen LogP contribution in [-0.4, -0.2) is 0 Å². The van der Waals surface area contributed by atoms with E-state index in [2.05, 4.69) is 173 Å². The van der Waals surface area contributed by atoms with Crippen LogP contribution in [-0.2, 0) is 49.4 Å². The van der Waals surface area contributed by atoms with Gasteiger partial charge in [-0.1, -0.05) is 0 Å². The van der Waals surface area contributed by atoms with Gasteiger partial charge in [-0.05, 0) is 0 Å². The number of rotatable bonds is 6. The van der Waals surface area contributed by atoms with Crippen molar-refractivity contribution in [2.45, 2.75) is 157 Å². The molecule has 0 aliphatic carbocycles. The van der Waals surface area contributed by atoms with E-state index in [0.717, 1.165) is 20.8 Å². The monoisotopic (exact) mass is 770 g/mol. The molecule has 0 saturated heterocycles. The second kappa shape index (κ2) is 13.7. The van der Waals surface area contributed by atoms with Crippen LogP contribution < -0.4 is 18.4 Å². The van der Waals surface area contributed by atoms with E-state index in [9.17, 15) is 0 Å². The van der Waals surface area contributed by atoms with Gasteiger partial charge < -0.3 is 0 Å². The molecule has 0 amide bonds. The van der Waals surface area contributed by atoms with Crippen molar-refractivity contribution in [3.63, 3.8) is 0 Å². The fourth-order valence-corrected chi connectivity index (χ4v) is 9.26. The first-order valence-corrected chi connectivity index (χ1v) is 20.9. The van der Waals surface area contributed by atoms with E-state index in [0.29, 0.717) is 0 Å². The molecule has 0 atom stereocenters. The van der Waals surface area contributed by atoms with Crippen LogP contribution in [0.1, 0.15) is 158 Å². The normalized spacial score (nSPS) is 13.8. The summed E-state index contributed by atoms with van der Waals surface area (Å²) in [6.45, 7) is 40.8. The summed E-state index contributed by atoms with van der Waals surface area (Å²) in [6, 6.07) is 18.1. The Labute approximate surface area is 302 Å². The molecule has 47 heavy (non-hydrogen) atoms. The van der Waals surface area contributed by atoms with E-state index in [1.54, 1.807) is 0 Å². The summed E-state index contributed by atoms with van der Waals surface area (Å²) in [5.41, 5.74) is 7.05. The SMILES string of the molecule is CC(C)(C)c1ccc(OP(Oc2ccc(C(C)(C)C)cc2C(C)(C)C)c2[c]([Pd][Cl])cc(C(C)(C)C)cc2C(C)(C)C)c(C(C)(C)C)c1. The van der Waals surface area contributed by atoms with E-state index < -0.39 is 8.38 Å². The van der Waals surface area contributed by atoms with Gasteiger partial charge in [-0.15, -0.1) is 0 Å². The Bertz CT molecular complexity index is 1490. The maximum absolute atomic E-state index is 7.29. The fourth-order valence-electron chi connectivity index (χ4n) is 5.42. The van der Waals surface area contributed by atoms with E-state index >= 15 is 0 Å². The maximum atomic E-state index is 7.29. The van der Waals surface area contributed by atoms with Crippen LogP contribution in [0.3, 0.4) is 0 Å². The van der Waals surface area contributed by atoms with Crippen LogP contribution >= 0.6 is 17.9 Å². The van der Waals surface area contributed by atoms with E-state index in [1.807, 2.05) is 0 Å². The summed E-state index contributed by atoms with van der Waals surface area (Å²) in [7, 11) is 5.28. The van der Waals surface area contributed by atoms with Gasteiger partial charge in [0.2, 0.25) is 0 Å². The van der Waals surface area contributed by atoms with E-state index in [-0.39, 0.29) is 49.4 Å². The van der Waals surface area contributed by atoms with E-state index in [1.165, 1.54) is 33.4 Å². The van der Waals surface area contributed by atoms with Gasteiger partial charge in [-0.3, -0.25) is 0 Å². The molecule has 0 aliphatic rings. The molecule has 3 aromatic rings. The van der Waals surface area contributed by atoms with Gasteiger partial charge in [0, 0.05) is 0 Å². The number of benzene rings is 3. The second-order valence-corrected chi connectivity index (χ2v) is 22.4. The third-order valence-corrected chi connectivity index (χ3v) is 12.2. The number of hydrogen-bond acceptors (Lipinski definition) is 2. The Morgan fingerprint density at radius 2 is 0.787 bits per heavy atom. The summed E-state index contributed by atoms with van der Waals surface area (Å²) in [5, 5.41) is 1.10. The molecule has 0 radical (unpaired) electrons. The molecule has 0 N–H and O–H groups in total. The average Bonchev–Trinajstić information content (AvgIpc) is 2.88. The molecule has 0 spiro atoms. The summed E-state index contributed by atoms with van der Waals surface area (Å²) < 4.78 is 15.7. The van der Waals surface area contributed by atoms with Crippen molar-refractivity contribution >= 4 is 27.2 Å². The molecule has 0 bridgehead atoms. The zero-order chi connectivity index (χ0) is 36.1. The molecule has 2 nitrogen and oxygen atoms in total. The van der Waals surface area contributed by atoms with Crippen molar-refractivity contribution < 1.29 is 26.0 Å². The summed E-state index contributed by atoms with van der Waals surface area (Å²) in [5.74, 6) is 1.73. The van der Waals surface area contributed by atoms with Gasteiger partial charge >= 0.3 is 304 Å². The van der Waals surface area contributed by atoms with E-state index in [4.69, 9.17) is 18.6 Å². The summed E-state index contributed by atoms with van der Waals surface area (Å²) in [6.07, 6.45) is 0. The summed E-state index contributed by atoms with van der Waals surface area (Å²) in [4.78, 5) is 0. The predicted molar refractivity (Wildman–Crippen MR) is 205 cm³/mol. The van der Waals surface area contributed by atoms with Crippen LogP contribution in [0.25, 0.3) is 0 Å². The molecule has 264 valence electrons. The first kappa shape index (κ1) is 40.1.